The van der Waals surface area contributed by atoms with E-state index in [4.69, 9.17) is 21.4 Å². The lowest BCUT2D eigenvalue weighted by molar-refractivity contribution is -0.137. The van der Waals surface area contributed by atoms with E-state index in [0.717, 1.165) is 12.1 Å². The van der Waals surface area contributed by atoms with Crippen LogP contribution in [0.4, 0.5) is 18.0 Å². The van der Waals surface area contributed by atoms with Gasteiger partial charge in [-0.15, -0.1) is 0 Å². The van der Waals surface area contributed by atoms with Crippen LogP contribution in [0.5, 0.6) is 5.75 Å². The van der Waals surface area contributed by atoms with Crippen molar-refractivity contribution in [2.45, 2.75) is 31.2 Å². The summed E-state index contributed by atoms with van der Waals surface area (Å²) in [5.41, 5.74) is 0.354. The maximum Gasteiger partial charge on any atom is 0.416 e. The molecular formula is C17H14ClF3N2O3. The summed E-state index contributed by atoms with van der Waals surface area (Å²) in [6.45, 7) is 0. The van der Waals surface area contributed by atoms with Gasteiger partial charge in [0.1, 0.15) is 11.9 Å². The van der Waals surface area contributed by atoms with E-state index in [1.54, 1.807) is 6.07 Å². The third-order valence-electron chi connectivity index (χ3n) is 4.07. The van der Waals surface area contributed by atoms with Gasteiger partial charge in [0.25, 0.3) is 0 Å². The zero-order valence-corrected chi connectivity index (χ0v) is 14.0. The number of hydrogen-bond acceptors (Lipinski definition) is 3. The number of carbonyl (C=O) groups is 1. The highest BCUT2D eigenvalue weighted by Crippen LogP contribution is 2.39. The van der Waals surface area contributed by atoms with Crippen LogP contribution in [0, 0.1) is 0 Å². The molecule has 138 valence electrons. The number of nitrogens with one attached hydrogen (secondary N) is 1. The quantitative estimate of drug-likeness (QED) is 0.780. The number of benzene rings is 1. The number of amides is 1. The van der Waals surface area contributed by atoms with Gasteiger partial charge < -0.3 is 15.2 Å². The predicted octanol–water partition coefficient (Wildman–Crippen LogP) is 4.98. The van der Waals surface area contributed by atoms with Crippen molar-refractivity contribution in [3.05, 3.63) is 58.4 Å². The molecular weight excluding hydrogens is 373 g/mol. The number of alkyl halides is 3. The zero-order valence-electron chi connectivity index (χ0n) is 13.3. The molecule has 2 atom stereocenters. The Labute approximate surface area is 151 Å². The van der Waals surface area contributed by atoms with Gasteiger partial charge >= 0.3 is 12.3 Å². The second-order valence-electron chi connectivity index (χ2n) is 5.84. The molecule has 0 fully saturated rings. The summed E-state index contributed by atoms with van der Waals surface area (Å²) in [5.74, 6) is 0.273. The van der Waals surface area contributed by atoms with Crippen LogP contribution in [0.1, 0.15) is 41.8 Å². The van der Waals surface area contributed by atoms with Gasteiger partial charge in [-0.1, -0.05) is 11.6 Å². The van der Waals surface area contributed by atoms with E-state index in [-0.39, 0.29) is 5.75 Å². The van der Waals surface area contributed by atoms with Gasteiger partial charge in [0.15, 0.2) is 0 Å². The first-order valence-corrected chi connectivity index (χ1v) is 8.10. The zero-order chi connectivity index (χ0) is 18.9. The molecule has 0 saturated heterocycles. The normalized spacial score (nSPS) is 19.5. The lowest BCUT2D eigenvalue weighted by Crippen LogP contribution is -2.32. The van der Waals surface area contributed by atoms with Crippen LogP contribution >= 0.6 is 11.6 Å². The topological polar surface area (TPSA) is 71.5 Å². The molecule has 0 radical (unpaired) electrons. The number of pyridine rings is 1. The fraction of sp³-hybridized carbons (Fsp3) is 0.294. The van der Waals surface area contributed by atoms with Crippen LogP contribution < -0.4 is 10.1 Å². The van der Waals surface area contributed by atoms with E-state index in [9.17, 15) is 18.0 Å². The van der Waals surface area contributed by atoms with Gasteiger partial charge in [-0.25, -0.2) is 4.79 Å². The minimum absolute atomic E-state index is 0.273. The molecule has 2 N–H and O–H groups in total. The fourth-order valence-corrected chi connectivity index (χ4v) is 3.09. The molecule has 1 aliphatic carbocycles. The number of ether oxygens (including phenoxy) is 1. The Hall–Kier alpha value is -2.48. The number of halogens is 4. The molecule has 1 heterocycles. The largest absolute Gasteiger partial charge is 0.484 e. The van der Waals surface area contributed by atoms with Crippen molar-refractivity contribution in [1.29, 1.82) is 0 Å². The van der Waals surface area contributed by atoms with Gasteiger partial charge in [0.05, 0.1) is 22.3 Å². The molecule has 26 heavy (non-hydrogen) atoms. The standard InChI is InChI=1S/C17H14ClF3N2O3/c18-10-7-12-13(23-16(24)25)5-6-14(15(12)22-8-10)26-11-3-1-9(2-4-11)17(19,20)21/h1-4,7-8,13-14,23H,5-6H2,(H,24,25). The summed E-state index contributed by atoms with van der Waals surface area (Å²) in [6.07, 6.45) is -3.76. The van der Waals surface area contributed by atoms with Crippen molar-refractivity contribution in [2.24, 2.45) is 0 Å². The van der Waals surface area contributed by atoms with Gasteiger partial charge in [0, 0.05) is 11.8 Å². The molecule has 1 aliphatic rings. The number of aromatic nitrogens is 1. The van der Waals surface area contributed by atoms with E-state index in [1.807, 2.05) is 0 Å². The number of carboxylic acid groups (broad SMARTS) is 1. The van der Waals surface area contributed by atoms with E-state index >= 15 is 0 Å². The average Bonchev–Trinajstić information content (AvgIpc) is 2.56. The summed E-state index contributed by atoms with van der Waals surface area (Å²) in [5, 5.41) is 11.7. The fourth-order valence-electron chi connectivity index (χ4n) is 2.92. The van der Waals surface area contributed by atoms with Gasteiger partial charge in [0.2, 0.25) is 0 Å². The van der Waals surface area contributed by atoms with Crippen LogP contribution in [-0.4, -0.2) is 16.2 Å². The molecule has 0 bridgehead atoms. The lowest BCUT2D eigenvalue weighted by atomic mass is 9.89. The van der Waals surface area contributed by atoms with Crippen LogP contribution in [0.25, 0.3) is 0 Å². The van der Waals surface area contributed by atoms with Crippen molar-refractivity contribution < 1.29 is 27.8 Å². The summed E-state index contributed by atoms with van der Waals surface area (Å²) >= 11 is 5.96. The molecule has 3 rings (SSSR count). The summed E-state index contributed by atoms with van der Waals surface area (Å²) in [4.78, 5) is 15.2. The minimum atomic E-state index is -4.41. The van der Waals surface area contributed by atoms with E-state index in [1.165, 1.54) is 18.3 Å². The average molecular weight is 387 g/mol. The summed E-state index contributed by atoms with van der Waals surface area (Å²) in [6, 6.07) is 5.54. The third-order valence-corrected chi connectivity index (χ3v) is 4.28. The van der Waals surface area contributed by atoms with Crippen molar-refractivity contribution >= 4 is 17.7 Å². The van der Waals surface area contributed by atoms with Crippen molar-refractivity contribution in [1.82, 2.24) is 10.3 Å². The minimum Gasteiger partial charge on any atom is -0.484 e. The molecule has 0 aliphatic heterocycles. The molecule has 1 aromatic carbocycles. The van der Waals surface area contributed by atoms with E-state index in [2.05, 4.69) is 10.3 Å². The number of nitrogens with zero attached hydrogens (tertiary/aromatic N) is 1. The molecule has 1 amide bonds. The first kappa shape index (κ1) is 18.3. The van der Waals surface area contributed by atoms with Crippen molar-refractivity contribution in [2.75, 3.05) is 0 Å². The highest BCUT2D eigenvalue weighted by molar-refractivity contribution is 6.30. The first-order valence-electron chi connectivity index (χ1n) is 7.73. The molecule has 0 saturated carbocycles. The Morgan fingerprint density at radius 1 is 1.27 bits per heavy atom. The summed E-state index contributed by atoms with van der Waals surface area (Å²) < 4.78 is 43.7. The van der Waals surface area contributed by atoms with E-state index < -0.39 is 30.0 Å². The second kappa shape index (κ2) is 7.03. The monoisotopic (exact) mass is 386 g/mol. The number of fused-ring (bicyclic) bond motifs is 1. The Balaban J connectivity index is 1.84. The highest BCUT2D eigenvalue weighted by Gasteiger charge is 2.32. The molecule has 9 heteroatoms. The first-order chi connectivity index (χ1) is 12.2. The highest BCUT2D eigenvalue weighted by atomic mass is 35.5. The summed E-state index contributed by atoms with van der Waals surface area (Å²) in [7, 11) is 0. The Kier molecular flexibility index (Phi) is 4.95. The molecule has 0 spiro atoms. The van der Waals surface area contributed by atoms with Gasteiger partial charge in [-0.2, -0.15) is 13.2 Å². The van der Waals surface area contributed by atoms with Crippen molar-refractivity contribution in [3.8, 4) is 5.75 Å². The van der Waals surface area contributed by atoms with Crippen LogP contribution in [0.3, 0.4) is 0 Å². The van der Waals surface area contributed by atoms with Crippen LogP contribution in [-0.2, 0) is 6.18 Å². The maximum absolute atomic E-state index is 12.6. The Bertz CT molecular complexity index is 812. The van der Waals surface area contributed by atoms with Crippen molar-refractivity contribution in [3.63, 3.8) is 0 Å². The molecule has 2 aromatic rings. The Morgan fingerprint density at radius 3 is 2.58 bits per heavy atom. The van der Waals surface area contributed by atoms with Gasteiger partial charge in [-0.3, -0.25) is 4.98 Å². The van der Waals surface area contributed by atoms with Gasteiger partial charge in [-0.05, 0) is 43.2 Å². The Morgan fingerprint density at radius 2 is 1.96 bits per heavy atom. The lowest BCUT2D eigenvalue weighted by Gasteiger charge is -2.31. The SMILES string of the molecule is O=C(O)NC1CCC(Oc2ccc(C(F)(F)F)cc2)c2ncc(Cl)cc21. The predicted molar refractivity (Wildman–Crippen MR) is 87.2 cm³/mol. The van der Waals surface area contributed by atoms with Crippen LogP contribution in [0.15, 0.2) is 36.5 Å². The smallest absolute Gasteiger partial charge is 0.416 e. The molecule has 2 unspecified atom stereocenters. The number of rotatable bonds is 3. The third kappa shape index (κ3) is 4.01. The van der Waals surface area contributed by atoms with E-state index in [0.29, 0.717) is 29.1 Å². The molecule has 1 aromatic heterocycles. The maximum atomic E-state index is 12.6. The molecule has 5 nitrogen and oxygen atoms in total. The van der Waals surface area contributed by atoms with Crippen LogP contribution in [0.2, 0.25) is 5.02 Å². The number of hydrogen-bond donors (Lipinski definition) is 2. The second-order valence-corrected chi connectivity index (χ2v) is 6.27.